The van der Waals surface area contributed by atoms with E-state index >= 15 is 0 Å². The zero-order valence-corrected chi connectivity index (χ0v) is 38.8. The molecule has 0 amide bonds. The summed E-state index contributed by atoms with van der Waals surface area (Å²) in [7, 11) is 0. The smallest absolute Gasteiger partial charge is 0.416 e. The van der Waals surface area contributed by atoms with Gasteiger partial charge in [0.05, 0.1) is 33.1 Å². The number of alkyl halides is 12. The molecule has 0 atom stereocenters. The number of rotatable bonds is 16. The molecule has 0 aliphatic heterocycles. The highest BCUT2D eigenvalue weighted by Crippen LogP contribution is 2.47. The van der Waals surface area contributed by atoms with Gasteiger partial charge in [-0.15, -0.1) is 13.2 Å². The molecule has 0 saturated heterocycles. The second-order valence-electron chi connectivity index (χ2n) is 17.0. The quantitative estimate of drug-likeness (QED) is 0.0748. The molecule has 72 heavy (non-hydrogen) atoms. The molecule has 0 heterocycles. The van der Waals surface area contributed by atoms with Gasteiger partial charge in [0.2, 0.25) is 0 Å². The van der Waals surface area contributed by atoms with Crippen LogP contribution in [0.25, 0.3) is 44.5 Å². The molecule has 0 aromatic heterocycles. The number of halogens is 12. The monoisotopic (exact) mass is 1010 g/mol. The molecule has 0 bridgehead atoms. The average Bonchev–Trinajstić information content (AvgIpc) is 3.32. The maximum Gasteiger partial charge on any atom is 0.416 e. The van der Waals surface area contributed by atoms with Gasteiger partial charge in [0.25, 0.3) is 0 Å². The molecule has 2 N–H and O–H groups in total. The van der Waals surface area contributed by atoms with Crippen molar-refractivity contribution < 1.29 is 72.5 Å². The van der Waals surface area contributed by atoms with E-state index < -0.39 is 69.7 Å². The summed E-state index contributed by atoms with van der Waals surface area (Å²) >= 11 is 0. The van der Waals surface area contributed by atoms with Crippen LogP contribution in [0.3, 0.4) is 0 Å². The number of carboxylic acids is 2. The Morgan fingerprint density at radius 3 is 1.10 bits per heavy atom. The highest BCUT2D eigenvalue weighted by molar-refractivity contribution is 5.92. The maximum absolute atomic E-state index is 13.2. The summed E-state index contributed by atoms with van der Waals surface area (Å²) in [5.41, 5.74) is -2.23. The van der Waals surface area contributed by atoms with E-state index in [-0.39, 0.29) is 12.8 Å². The summed E-state index contributed by atoms with van der Waals surface area (Å²) in [6.45, 7) is 11.0. The molecule has 0 aliphatic rings. The summed E-state index contributed by atoms with van der Waals surface area (Å²) in [6, 6.07) is 27.1. The van der Waals surface area contributed by atoms with Crippen molar-refractivity contribution >= 4 is 11.9 Å². The van der Waals surface area contributed by atoms with Gasteiger partial charge in [0.1, 0.15) is 0 Å². The summed E-state index contributed by atoms with van der Waals surface area (Å²) in [6.07, 6.45) is -13.5. The largest absolute Gasteiger partial charge is 0.481 e. The van der Waals surface area contributed by atoms with Crippen LogP contribution in [0.4, 0.5) is 52.7 Å². The molecule has 6 aromatic carbocycles. The first-order chi connectivity index (χ1) is 33.7. The van der Waals surface area contributed by atoms with E-state index in [1.165, 1.54) is 60.7 Å². The average molecular weight is 1010 g/mol. The summed E-state index contributed by atoms with van der Waals surface area (Å²) < 4.78 is 157. The molecule has 0 fully saturated rings. The number of benzene rings is 6. The zero-order valence-electron chi connectivity index (χ0n) is 38.8. The van der Waals surface area contributed by atoms with Gasteiger partial charge in [-0.25, -0.2) is 0 Å². The molecule has 0 aliphatic carbocycles. The lowest BCUT2D eigenvalue weighted by atomic mass is 9.69. The third-order valence-electron chi connectivity index (χ3n) is 12.4. The first-order valence-electron chi connectivity index (χ1n) is 22.4. The number of allylic oxidation sites excluding steroid dienone is 2. The lowest BCUT2D eigenvalue weighted by molar-refractivity contribution is -0.145. The minimum atomic E-state index is -4.55. The van der Waals surface area contributed by atoms with Crippen molar-refractivity contribution in [2.24, 2.45) is 0 Å². The number of hydrogen-bond acceptors (Lipinski definition) is 2. The fourth-order valence-electron chi connectivity index (χ4n) is 8.86. The van der Waals surface area contributed by atoms with Gasteiger partial charge in [-0.3, -0.25) is 9.59 Å². The van der Waals surface area contributed by atoms with E-state index in [0.717, 1.165) is 48.5 Å². The summed E-state index contributed by atoms with van der Waals surface area (Å²) in [5, 5.41) is 20.5. The molecule has 0 spiro atoms. The number of carboxylic acid groups (broad SMARTS) is 2. The Labute approximate surface area is 408 Å². The molecule has 380 valence electrons. The van der Waals surface area contributed by atoms with Crippen LogP contribution in [0.2, 0.25) is 0 Å². The number of hydrogen-bond donors (Lipinski definition) is 2. The molecule has 0 saturated carbocycles. The van der Waals surface area contributed by atoms with Crippen molar-refractivity contribution in [3.05, 3.63) is 192 Å². The van der Waals surface area contributed by atoms with Crippen LogP contribution in [0.15, 0.2) is 159 Å². The van der Waals surface area contributed by atoms with Crippen molar-refractivity contribution in [3.63, 3.8) is 0 Å². The zero-order chi connectivity index (χ0) is 53.5. The SMILES string of the molecule is C=CCC(CC=C)(C(=O)O)c1ccc(-c2ccc(C(F)(F)F)cc2)c(-c2ccc(C(F)(F)F)cc2)c1.CCCC(CCC)(C(=O)O)c1cccc(-c2ccc(C(F)(F)F)cc2)c1-c1ccc(C(F)(F)F)cc1. The van der Waals surface area contributed by atoms with E-state index in [9.17, 15) is 72.5 Å². The third-order valence-corrected chi connectivity index (χ3v) is 12.4. The number of aliphatic carboxylic acids is 2. The van der Waals surface area contributed by atoms with E-state index in [1.54, 1.807) is 36.4 Å². The van der Waals surface area contributed by atoms with Crippen molar-refractivity contribution in [2.45, 2.75) is 87.9 Å². The van der Waals surface area contributed by atoms with Gasteiger partial charge in [-0.2, -0.15) is 52.7 Å². The molecular weight excluding hydrogens is 965 g/mol. The van der Waals surface area contributed by atoms with E-state index in [2.05, 4.69) is 13.2 Å². The molecule has 0 unspecified atom stereocenters. The van der Waals surface area contributed by atoms with Crippen LogP contribution in [0, 0.1) is 0 Å². The predicted octanol–water partition coefficient (Wildman–Crippen LogP) is 17.5. The Balaban J connectivity index is 0.000000267. The standard InChI is InChI=1S/C28H22F6O2.C28H26F6O2/c1-3-15-26(16-4-2,25(35)36)22-13-14-23(18-5-9-20(10-6-18)27(29,30)31)24(17-22)19-7-11-21(12-8-19)28(32,33)34;1-3-16-26(17-4-2,25(35)36)23-7-5-6-22(18-8-12-20(13-9-18)27(29,30)31)24(23)19-10-14-21(15-11-19)28(32,33)34/h3-14,17H,1-2,15-16H2,(H,35,36);5-15H,3-4,16-17H2,1-2H3,(H,35,36). The van der Waals surface area contributed by atoms with Gasteiger partial charge < -0.3 is 10.2 Å². The first-order valence-corrected chi connectivity index (χ1v) is 22.4. The van der Waals surface area contributed by atoms with Gasteiger partial charge >= 0.3 is 36.6 Å². The maximum atomic E-state index is 13.2. The second kappa shape index (κ2) is 22.1. The Hall–Kier alpha value is -7.10. The summed E-state index contributed by atoms with van der Waals surface area (Å²) in [4.78, 5) is 25.1. The van der Waals surface area contributed by atoms with Crippen molar-refractivity contribution in [1.82, 2.24) is 0 Å². The third kappa shape index (κ3) is 12.3. The molecule has 4 nitrogen and oxygen atoms in total. The predicted molar refractivity (Wildman–Crippen MR) is 253 cm³/mol. The Morgan fingerprint density at radius 2 is 0.764 bits per heavy atom. The Kier molecular flexibility index (Phi) is 17.2. The molecule has 6 rings (SSSR count). The van der Waals surface area contributed by atoms with Crippen molar-refractivity contribution in [1.29, 1.82) is 0 Å². The molecular formula is C56H48F12O4. The summed E-state index contributed by atoms with van der Waals surface area (Å²) in [5.74, 6) is -2.19. The normalized spacial score (nSPS) is 12.4. The van der Waals surface area contributed by atoms with Gasteiger partial charge in [0, 0.05) is 0 Å². The van der Waals surface area contributed by atoms with E-state index in [1.807, 2.05) is 13.8 Å². The van der Waals surface area contributed by atoms with Gasteiger partial charge in [-0.05, 0) is 136 Å². The van der Waals surface area contributed by atoms with Gasteiger partial charge in [0.15, 0.2) is 0 Å². The first kappa shape index (κ1) is 55.8. The number of carbonyl (C=O) groups is 2. The van der Waals surface area contributed by atoms with Crippen molar-refractivity contribution in [3.8, 4) is 44.5 Å². The van der Waals surface area contributed by atoms with Crippen molar-refractivity contribution in [2.75, 3.05) is 0 Å². The highest BCUT2D eigenvalue weighted by Gasteiger charge is 2.42. The minimum absolute atomic E-state index is 0.0560. The molecule has 16 heteroatoms. The fourth-order valence-corrected chi connectivity index (χ4v) is 8.86. The second-order valence-corrected chi connectivity index (χ2v) is 17.0. The Bertz CT molecular complexity index is 2820. The van der Waals surface area contributed by atoms with Crippen LogP contribution in [0.1, 0.15) is 85.8 Å². The minimum Gasteiger partial charge on any atom is -0.481 e. The molecule has 0 radical (unpaired) electrons. The van der Waals surface area contributed by atoms with Crippen LogP contribution in [0.5, 0.6) is 0 Å². The van der Waals surface area contributed by atoms with Crippen LogP contribution in [-0.2, 0) is 45.1 Å². The van der Waals surface area contributed by atoms with E-state index in [0.29, 0.717) is 81.3 Å². The van der Waals surface area contributed by atoms with Gasteiger partial charge in [-0.1, -0.05) is 118 Å². The van der Waals surface area contributed by atoms with Crippen LogP contribution in [-0.4, -0.2) is 22.2 Å². The topological polar surface area (TPSA) is 74.6 Å². The van der Waals surface area contributed by atoms with Crippen LogP contribution < -0.4 is 0 Å². The molecule has 6 aromatic rings. The van der Waals surface area contributed by atoms with E-state index in [4.69, 9.17) is 0 Å². The fraction of sp³-hybridized carbons (Fsp3) is 0.250. The lowest BCUT2D eigenvalue weighted by Crippen LogP contribution is -2.36. The Morgan fingerprint density at radius 1 is 0.431 bits per heavy atom. The lowest BCUT2D eigenvalue weighted by Gasteiger charge is -2.33. The van der Waals surface area contributed by atoms with Crippen LogP contribution >= 0.6 is 0 Å². The highest BCUT2D eigenvalue weighted by atomic mass is 19.4.